The number of ether oxygens (including phenoxy) is 1. The van der Waals surface area contributed by atoms with Gasteiger partial charge in [0.1, 0.15) is 23.3 Å². The van der Waals surface area contributed by atoms with Crippen LogP contribution in [0.25, 0.3) is 0 Å². The number of aromatic nitrogens is 1. The van der Waals surface area contributed by atoms with Gasteiger partial charge in [0.2, 0.25) is 11.7 Å². The molecule has 0 spiro atoms. The first-order valence-corrected chi connectivity index (χ1v) is 9.95. The molecule has 0 unspecified atom stereocenters. The predicted molar refractivity (Wildman–Crippen MR) is 112 cm³/mol. The van der Waals surface area contributed by atoms with Gasteiger partial charge in [0.05, 0.1) is 28.0 Å². The number of alkyl halides is 3. The van der Waals surface area contributed by atoms with Gasteiger partial charge in [-0.25, -0.2) is 18.6 Å². The number of nitrogens with one attached hydrogen (secondary N) is 2. The average Bonchev–Trinajstić information content (AvgIpc) is 2.65. The second-order valence-electron chi connectivity index (χ2n) is 7.99. The summed E-state index contributed by atoms with van der Waals surface area (Å²) in [6.07, 6.45) is -5.62. The lowest BCUT2D eigenvalue weighted by Crippen LogP contribution is -2.44. The number of hydrogen-bond acceptors (Lipinski definition) is 5. The standard InChI is InChI=1S/C21H19ClF5N3O4/c1-9(29-19(33)34-20(2,3)4)18(32)30-12-8-28-17(21(25,26)27)15(22)14(12)16(31)13-10(23)6-5-7-11(13)24/h5-9H,1-4H3,(H,29,33)(H,30,32)/t9-/m0/s1. The molecule has 1 aromatic heterocycles. The molecule has 1 atom stereocenters. The minimum absolute atomic E-state index is 0.471. The van der Waals surface area contributed by atoms with Crippen molar-refractivity contribution >= 4 is 35.1 Å². The van der Waals surface area contributed by atoms with Gasteiger partial charge >= 0.3 is 12.3 Å². The van der Waals surface area contributed by atoms with Gasteiger partial charge in [-0.1, -0.05) is 17.7 Å². The third kappa shape index (κ3) is 6.40. The Balaban J connectivity index is 2.49. The lowest BCUT2D eigenvalue weighted by molar-refractivity contribution is -0.141. The van der Waals surface area contributed by atoms with E-state index in [2.05, 4.69) is 15.6 Å². The van der Waals surface area contributed by atoms with Crippen LogP contribution in [0.1, 0.15) is 49.3 Å². The number of anilines is 1. The lowest BCUT2D eigenvalue weighted by atomic mass is 10.00. The van der Waals surface area contributed by atoms with Crippen molar-refractivity contribution in [1.82, 2.24) is 10.3 Å². The van der Waals surface area contributed by atoms with Gasteiger partial charge in [-0.15, -0.1) is 0 Å². The zero-order valence-corrected chi connectivity index (χ0v) is 19.0. The van der Waals surface area contributed by atoms with Gasteiger partial charge in [0.15, 0.2) is 5.69 Å². The average molecular weight is 508 g/mol. The summed E-state index contributed by atoms with van der Waals surface area (Å²) in [4.78, 5) is 40.4. The van der Waals surface area contributed by atoms with Crippen molar-refractivity contribution in [1.29, 1.82) is 0 Å². The summed E-state index contributed by atoms with van der Waals surface area (Å²) in [5, 5.41) is 3.02. The van der Waals surface area contributed by atoms with Crippen molar-refractivity contribution in [2.45, 2.75) is 45.5 Å². The summed E-state index contributed by atoms with van der Waals surface area (Å²) in [7, 11) is 0. The van der Waals surface area contributed by atoms with Crippen molar-refractivity contribution in [3.8, 4) is 0 Å². The quantitative estimate of drug-likeness (QED) is 0.433. The maximum atomic E-state index is 14.2. The van der Waals surface area contributed by atoms with Gasteiger partial charge in [-0.3, -0.25) is 9.59 Å². The van der Waals surface area contributed by atoms with Crippen LogP contribution in [-0.2, 0) is 15.7 Å². The Labute approximate surface area is 195 Å². The van der Waals surface area contributed by atoms with Crippen LogP contribution >= 0.6 is 11.6 Å². The van der Waals surface area contributed by atoms with Crippen LogP contribution < -0.4 is 10.6 Å². The molecule has 0 fully saturated rings. The largest absolute Gasteiger partial charge is 0.444 e. The molecule has 34 heavy (non-hydrogen) atoms. The number of alkyl carbamates (subject to hydrolysis) is 1. The first kappa shape index (κ1) is 27.0. The van der Waals surface area contributed by atoms with Crippen molar-refractivity contribution in [3.05, 3.63) is 57.9 Å². The smallest absolute Gasteiger partial charge is 0.434 e. The van der Waals surface area contributed by atoms with Crippen molar-refractivity contribution in [3.63, 3.8) is 0 Å². The SMILES string of the molecule is C[C@H](NC(=O)OC(C)(C)C)C(=O)Nc1cnc(C(F)(F)F)c(Cl)c1C(=O)c1c(F)cccc1F. The van der Waals surface area contributed by atoms with Crippen LogP contribution in [0, 0.1) is 11.6 Å². The van der Waals surface area contributed by atoms with Crippen molar-refractivity contribution in [2.75, 3.05) is 5.32 Å². The molecular weight excluding hydrogens is 489 g/mol. The van der Waals surface area contributed by atoms with Gasteiger partial charge in [0.25, 0.3) is 0 Å². The third-order valence-electron chi connectivity index (χ3n) is 4.09. The van der Waals surface area contributed by atoms with E-state index in [1.807, 2.05) is 0 Å². The number of carbonyl (C=O) groups excluding carboxylic acids is 3. The Morgan fingerprint density at radius 1 is 1.06 bits per heavy atom. The number of ketones is 1. The van der Waals surface area contributed by atoms with E-state index in [1.54, 1.807) is 20.8 Å². The minimum Gasteiger partial charge on any atom is -0.444 e. The first-order valence-electron chi connectivity index (χ1n) is 9.57. The number of carbonyl (C=O) groups is 3. The fourth-order valence-corrected chi connectivity index (χ4v) is 2.98. The maximum Gasteiger partial charge on any atom is 0.434 e. The molecule has 2 N–H and O–H groups in total. The summed E-state index contributed by atoms with van der Waals surface area (Å²) in [5.41, 5.74) is -5.46. The molecule has 0 aliphatic heterocycles. The Morgan fingerprint density at radius 2 is 1.62 bits per heavy atom. The van der Waals surface area contributed by atoms with Gasteiger partial charge in [-0.05, 0) is 39.8 Å². The number of nitrogens with zero attached hydrogens (tertiary/aromatic N) is 1. The summed E-state index contributed by atoms with van der Waals surface area (Å²) >= 11 is 5.78. The van der Waals surface area contributed by atoms with E-state index >= 15 is 0 Å². The van der Waals surface area contributed by atoms with Gasteiger partial charge < -0.3 is 15.4 Å². The lowest BCUT2D eigenvalue weighted by Gasteiger charge is -2.22. The maximum absolute atomic E-state index is 14.2. The summed E-state index contributed by atoms with van der Waals surface area (Å²) in [5.74, 6) is -5.28. The number of pyridine rings is 1. The second kappa shape index (κ2) is 9.92. The molecular formula is C21H19ClF5N3O4. The molecule has 2 amide bonds. The molecule has 0 aliphatic carbocycles. The number of benzene rings is 1. The van der Waals surface area contributed by atoms with Crippen LogP contribution in [-0.4, -0.2) is 34.4 Å². The normalized spacial score (nSPS) is 12.6. The van der Waals surface area contributed by atoms with E-state index in [-0.39, 0.29) is 0 Å². The highest BCUT2D eigenvalue weighted by atomic mass is 35.5. The summed E-state index contributed by atoms with van der Waals surface area (Å²) in [6.45, 7) is 5.95. The predicted octanol–water partition coefficient (Wildman–Crippen LogP) is 5.11. The Hall–Kier alpha value is -3.28. The van der Waals surface area contributed by atoms with Crippen LogP contribution in [0.3, 0.4) is 0 Å². The zero-order chi connectivity index (χ0) is 26.0. The molecule has 0 saturated heterocycles. The van der Waals surface area contributed by atoms with Crippen molar-refractivity contribution in [2.24, 2.45) is 0 Å². The Kier molecular flexibility index (Phi) is 7.87. The fourth-order valence-electron chi connectivity index (χ4n) is 2.63. The first-order chi connectivity index (χ1) is 15.5. The van der Waals surface area contributed by atoms with Gasteiger partial charge in [-0.2, -0.15) is 13.2 Å². The van der Waals surface area contributed by atoms with Crippen molar-refractivity contribution < 1.29 is 41.1 Å². The Morgan fingerprint density at radius 3 is 2.12 bits per heavy atom. The number of halogens is 6. The molecule has 2 rings (SSSR count). The minimum atomic E-state index is -5.12. The Bertz CT molecular complexity index is 1110. The zero-order valence-electron chi connectivity index (χ0n) is 18.2. The van der Waals surface area contributed by atoms with E-state index < -0.39 is 74.8 Å². The van der Waals surface area contributed by atoms with Gasteiger partial charge in [0, 0.05) is 0 Å². The van der Waals surface area contributed by atoms with E-state index in [9.17, 15) is 36.3 Å². The second-order valence-corrected chi connectivity index (χ2v) is 8.37. The molecule has 0 saturated carbocycles. The molecule has 184 valence electrons. The molecule has 1 aromatic carbocycles. The topological polar surface area (TPSA) is 97.4 Å². The summed E-state index contributed by atoms with van der Waals surface area (Å²) < 4.78 is 73.2. The number of hydrogen-bond donors (Lipinski definition) is 2. The van der Waals surface area contributed by atoms with E-state index in [4.69, 9.17) is 16.3 Å². The molecule has 13 heteroatoms. The van der Waals surface area contributed by atoms with Crippen LogP contribution in [0.4, 0.5) is 32.4 Å². The third-order valence-corrected chi connectivity index (χ3v) is 4.46. The van der Waals surface area contributed by atoms with E-state index in [0.717, 1.165) is 18.2 Å². The van der Waals surface area contributed by atoms with Crippen LogP contribution in [0.2, 0.25) is 5.02 Å². The van der Waals surface area contributed by atoms with Crippen LogP contribution in [0.5, 0.6) is 0 Å². The molecule has 0 aliphatic rings. The number of amides is 2. The highest BCUT2D eigenvalue weighted by Gasteiger charge is 2.39. The molecule has 1 heterocycles. The number of rotatable bonds is 5. The molecule has 7 nitrogen and oxygen atoms in total. The molecule has 2 aromatic rings. The van der Waals surface area contributed by atoms with E-state index in [1.165, 1.54) is 6.92 Å². The molecule has 0 radical (unpaired) electrons. The van der Waals surface area contributed by atoms with E-state index in [0.29, 0.717) is 6.20 Å². The monoisotopic (exact) mass is 507 g/mol. The highest BCUT2D eigenvalue weighted by Crippen LogP contribution is 2.38. The molecule has 0 bridgehead atoms. The van der Waals surface area contributed by atoms with Crippen LogP contribution in [0.15, 0.2) is 24.4 Å². The fraction of sp³-hybridized carbons (Fsp3) is 0.333. The summed E-state index contributed by atoms with van der Waals surface area (Å²) in [6, 6.07) is 1.09. The highest BCUT2D eigenvalue weighted by molar-refractivity contribution is 6.36.